The molecule has 4 heteroatoms. The normalized spacial score (nSPS) is 12.9. The lowest BCUT2D eigenvalue weighted by Crippen LogP contribution is -2.01. The SMILES string of the molecule is CC(N)=CS(=O)(=O)c1ccc(C)cc1. The van der Waals surface area contributed by atoms with Crippen LogP contribution in [0, 0.1) is 6.92 Å². The van der Waals surface area contributed by atoms with Crippen molar-refractivity contribution in [1.29, 1.82) is 0 Å². The van der Waals surface area contributed by atoms with Crippen molar-refractivity contribution in [3.05, 3.63) is 40.9 Å². The van der Waals surface area contributed by atoms with E-state index >= 15 is 0 Å². The Kier molecular flexibility index (Phi) is 2.96. The van der Waals surface area contributed by atoms with Gasteiger partial charge in [0.15, 0.2) is 0 Å². The van der Waals surface area contributed by atoms with Gasteiger partial charge in [-0.1, -0.05) is 17.7 Å². The molecule has 0 amide bonds. The Bertz CT molecular complexity index is 440. The van der Waals surface area contributed by atoms with Gasteiger partial charge in [0.1, 0.15) is 0 Å². The molecule has 0 aliphatic heterocycles. The second kappa shape index (κ2) is 3.84. The molecule has 0 aliphatic rings. The van der Waals surface area contributed by atoms with Crippen LogP contribution in [0.4, 0.5) is 0 Å². The monoisotopic (exact) mass is 211 g/mol. The van der Waals surface area contributed by atoms with Crippen LogP contribution < -0.4 is 5.73 Å². The lowest BCUT2D eigenvalue weighted by molar-refractivity contribution is 0.604. The Balaban J connectivity index is 3.18. The molecule has 0 radical (unpaired) electrons. The number of hydrogen-bond donors (Lipinski definition) is 1. The van der Waals surface area contributed by atoms with Crippen molar-refractivity contribution in [2.75, 3.05) is 0 Å². The van der Waals surface area contributed by atoms with Gasteiger partial charge in [-0.15, -0.1) is 0 Å². The van der Waals surface area contributed by atoms with Gasteiger partial charge in [0.05, 0.1) is 10.3 Å². The van der Waals surface area contributed by atoms with Crippen molar-refractivity contribution < 1.29 is 8.42 Å². The Morgan fingerprint density at radius 1 is 1.29 bits per heavy atom. The summed E-state index contributed by atoms with van der Waals surface area (Å²) in [5.74, 6) is 0. The van der Waals surface area contributed by atoms with Gasteiger partial charge >= 0.3 is 0 Å². The highest BCUT2D eigenvalue weighted by Crippen LogP contribution is 2.13. The smallest absolute Gasteiger partial charge is 0.201 e. The Labute approximate surface area is 84.2 Å². The van der Waals surface area contributed by atoms with Gasteiger partial charge in [-0.3, -0.25) is 0 Å². The molecule has 76 valence electrons. The molecule has 14 heavy (non-hydrogen) atoms. The van der Waals surface area contributed by atoms with E-state index in [4.69, 9.17) is 5.73 Å². The average molecular weight is 211 g/mol. The van der Waals surface area contributed by atoms with Crippen molar-refractivity contribution >= 4 is 9.84 Å². The Morgan fingerprint density at radius 2 is 1.79 bits per heavy atom. The number of sulfone groups is 1. The molecule has 0 spiro atoms. The zero-order valence-corrected chi connectivity index (χ0v) is 9.01. The summed E-state index contributed by atoms with van der Waals surface area (Å²) in [7, 11) is -3.36. The first kappa shape index (κ1) is 10.8. The fourth-order valence-electron chi connectivity index (χ4n) is 1.04. The number of rotatable bonds is 2. The van der Waals surface area contributed by atoms with Gasteiger partial charge < -0.3 is 5.73 Å². The summed E-state index contributed by atoms with van der Waals surface area (Å²) >= 11 is 0. The zero-order chi connectivity index (χ0) is 10.8. The van der Waals surface area contributed by atoms with Crippen molar-refractivity contribution in [1.82, 2.24) is 0 Å². The van der Waals surface area contributed by atoms with Crippen LogP contribution in [0.3, 0.4) is 0 Å². The highest BCUT2D eigenvalue weighted by atomic mass is 32.2. The van der Waals surface area contributed by atoms with E-state index in [0.29, 0.717) is 0 Å². The van der Waals surface area contributed by atoms with Crippen LogP contribution in [-0.2, 0) is 9.84 Å². The maximum atomic E-state index is 11.6. The largest absolute Gasteiger partial charge is 0.402 e. The maximum absolute atomic E-state index is 11.6. The topological polar surface area (TPSA) is 60.2 Å². The van der Waals surface area contributed by atoms with Gasteiger partial charge in [0, 0.05) is 5.70 Å². The number of benzene rings is 1. The van der Waals surface area contributed by atoms with Crippen LogP contribution in [0.1, 0.15) is 12.5 Å². The third-order valence-corrected chi connectivity index (χ3v) is 3.30. The molecule has 1 aromatic rings. The van der Waals surface area contributed by atoms with Crippen LogP contribution in [0.25, 0.3) is 0 Å². The second-order valence-electron chi connectivity index (χ2n) is 3.22. The summed E-state index contributed by atoms with van der Waals surface area (Å²) in [6.45, 7) is 3.45. The van der Waals surface area contributed by atoms with Gasteiger partial charge in [0.25, 0.3) is 0 Å². The van der Waals surface area contributed by atoms with E-state index in [-0.39, 0.29) is 10.6 Å². The van der Waals surface area contributed by atoms with Crippen molar-refractivity contribution in [3.63, 3.8) is 0 Å². The molecule has 0 aliphatic carbocycles. The minimum absolute atomic E-state index is 0.271. The third-order valence-electron chi connectivity index (χ3n) is 1.69. The molecule has 0 bridgehead atoms. The molecule has 0 fully saturated rings. The summed E-state index contributed by atoms with van der Waals surface area (Å²) in [6.07, 6.45) is 0. The van der Waals surface area contributed by atoms with E-state index in [9.17, 15) is 8.42 Å². The van der Waals surface area contributed by atoms with Crippen LogP contribution in [-0.4, -0.2) is 8.42 Å². The molecule has 0 heterocycles. The van der Waals surface area contributed by atoms with Crippen LogP contribution >= 0.6 is 0 Å². The predicted molar refractivity (Wildman–Crippen MR) is 56.3 cm³/mol. The highest BCUT2D eigenvalue weighted by Gasteiger charge is 2.09. The third kappa shape index (κ3) is 2.60. The van der Waals surface area contributed by atoms with Crippen molar-refractivity contribution in [2.24, 2.45) is 5.73 Å². The predicted octanol–water partition coefficient (Wildman–Crippen LogP) is 1.59. The first-order valence-electron chi connectivity index (χ1n) is 4.17. The van der Waals surface area contributed by atoms with Gasteiger partial charge in [-0.2, -0.15) is 0 Å². The average Bonchev–Trinajstić information content (AvgIpc) is 2.02. The van der Waals surface area contributed by atoms with E-state index in [2.05, 4.69) is 0 Å². The van der Waals surface area contributed by atoms with Gasteiger partial charge in [0.2, 0.25) is 9.84 Å². The molecule has 0 aromatic heterocycles. The highest BCUT2D eigenvalue weighted by molar-refractivity contribution is 7.94. The number of nitrogens with two attached hydrogens (primary N) is 1. The van der Waals surface area contributed by atoms with E-state index in [1.165, 1.54) is 0 Å². The Hall–Kier alpha value is -1.29. The lowest BCUT2D eigenvalue weighted by Gasteiger charge is -2.00. The number of aryl methyl sites for hydroxylation is 1. The van der Waals surface area contributed by atoms with Crippen molar-refractivity contribution in [3.8, 4) is 0 Å². The van der Waals surface area contributed by atoms with Gasteiger partial charge in [-0.25, -0.2) is 8.42 Å². The van der Waals surface area contributed by atoms with Crippen LogP contribution in [0.5, 0.6) is 0 Å². The molecular weight excluding hydrogens is 198 g/mol. The van der Waals surface area contributed by atoms with Crippen LogP contribution in [0.2, 0.25) is 0 Å². The first-order valence-corrected chi connectivity index (χ1v) is 5.72. The Morgan fingerprint density at radius 3 is 2.21 bits per heavy atom. The molecule has 0 saturated carbocycles. The van der Waals surface area contributed by atoms with E-state index in [1.807, 2.05) is 6.92 Å². The van der Waals surface area contributed by atoms with E-state index in [0.717, 1.165) is 11.0 Å². The van der Waals surface area contributed by atoms with E-state index < -0.39 is 9.84 Å². The minimum Gasteiger partial charge on any atom is -0.402 e. The quantitative estimate of drug-likeness (QED) is 0.808. The molecule has 3 nitrogen and oxygen atoms in total. The number of hydrogen-bond acceptors (Lipinski definition) is 3. The summed E-state index contributed by atoms with van der Waals surface area (Å²) in [5.41, 5.74) is 6.64. The molecular formula is C10H13NO2S. The molecule has 0 saturated heterocycles. The molecule has 0 atom stereocenters. The summed E-state index contributed by atoms with van der Waals surface area (Å²) in [6, 6.07) is 6.66. The van der Waals surface area contributed by atoms with Crippen LogP contribution in [0.15, 0.2) is 40.3 Å². The maximum Gasteiger partial charge on any atom is 0.201 e. The second-order valence-corrected chi connectivity index (χ2v) is 5.02. The number of allylic oxidation sites excluding steroid dienone is 1. The first-order chi connectivity index (χ1) is 6.42. The molecule has 2 N–H and O–H groups in total. The standard InChI is InChI=1S/C10H13NO2S/c1-8-3-5-10(6-4-8)14(12,13)7-9(2)11/h3-7H,11H2,1-2H3. The van der Waals surface area contributed by atoms with Gasteiger partial charge in [-0.05, 0) is 26.0 Å². The molecule has 1 aromatic carbocycles. The summed E-state index contributed by atoms with van der Waals surface area (Å²) < 4.78 is 23.2. The summed E-state index contributed by atoms with van der Waals surface area (Å²) in [5, 5.41) is 1.07. The minimum atomic E-state index is -3.36. The zero-order valence-electron chi connectivity index (χ0n) is 8.19. The summed E-state index contributed by atoms with van der Waals surface area (Å²) in [4.78, 5) is 0.271. The fourth-order valence-corrected chi connectivity index (χ4v) is 2.18. The lowest BCUT2D eigenvalue weighted by atomic mass is 10.2. The molecule has 1 rings (SSSR count). The fraction of sp³-hybridized carbons (Fsp3) is 0.200. The molecule has 0 unspecified atom stereocenters. The van der Waals surface area contributed by atoms with E-state index in [1.54, 1.807) is 31.2 Å². The van der Waals surface area contributed by atoms with Crippen molar-refractivity contribution in [2.45, 2.75) is 18.7 Å².